The Morgan fingerprint density at radius 1 is 0.522 bits per heavy atom. The Morgan fingerprint density at radius 3 is 1.34 bits per heavy atom. The number of benzene rings is 1. The third-order valence-electron chi connectivity index (χ3n) is 14.2. The molecule has 35 heteroatoms. The first-order chi connectivity index (χ1) is 43.2. The lowest BCUT2D eigenvalue weighted by molar-refractivity contribution is -0.384. The summed E-state index contributed by atoms with van der Waals surface area (Å²) in [4.78, 5) is 196. The van der Waals surface area contributed by atoms with E-state index in [0.29, 0.717) is 31.2 Å². The number of non-ortho nitro benzene ring substituents is 1. The van der Waals surface area contributed by atoms with Crippen LogP contribution in [0.3, 0.4) is 0 Å². The third-order valence-corrected chi connectivity index (χ3v) is 14.6. The minimum atomic E-state index is -1.94. The lowest BCUT2D eigenvalue weighted by Crippen LogP contribution is -2.61. The Kier molecular flexibility index (Phi) is 37.6. The summed E-state index contributed by atoms with van der Waals surface area (Å²) < 4.78 is 0. The molecule has 11 atom stereocenters. The zero-order chi connectivity index (χ0) is 69.9. The van der Waals surface area contributed by atoms with Crippen molar-refractivity contribution in [3.05, 3.63) is 39.9 Å². The Balaban J connectivity index is 3.40. The minimum Gasteiger partial charge on any atom is -0.481 e. The Bertz CT molecular complexity index is 2710. The Hall–Kier alpha value is -8.57. The molecule has 0 aliphatic heterocycles. The minimum absolute atomic E-state index is 0.0360. The van der Waals surface area contributed by atoms with E-state index in [9.17, 15) is 87.5 Å². The molecule has 1 aromatic rings. The van der Waals surface area contributed by atoms with Gasteiger partial charge in [0.15, 0.2) is 0 Å². The highest BCUT2D eigenvalue weighted by molar-refractivity contribution is 7.80. The fraction of sp³-hybridized carbons (Fsp3) is 0.649. The second-order valence-corrected chi connectivity index (χ2v) is 23.3. The average molecular weight is 1320 g/mol. The van der Waals surface area contributed by atoms with E-state index in [1.807, 2.05) is 6.92 Å². The Morgan fingerprint density at radius 2 is 0.924 bits per heavy atom. The topological polar surface area (TPSA) is 573 Å². The van der Waals surface area contributed by atoms with Gasteiger partial charge in [0.25, 0.3) is 5.69 Å². The SMILES string of the molecule is CC[C@H](C)[C@H](N)C(=O)N[C@@H](CCCCN)C(=O)N[C@@H](CCC(=O)O)C(=O)N[C@@H](CC(N)=O)C(=O)N[C@@H](CC(C)C)C(=O)N[C@@H](CCCCN)C(=O)N[C@@H](CC(=O)O)C(=O)N[C@@H](CS)C(=O)NCC(=O)N[C@@H](CC(C)C)C(=O)N[C@@H](Cc1ccc([N+](=O)[O-])cc1)C(N)=O. The average Bonchev–Trinajstić information content (AvgIpc) is 0.961. The molecule has 12 amide bonds. The highest BCUT2D eigenvalue weighted by Gasteiger charge is 2.37. The van der Waals surface area contributed by atoms with Gasteiger partial charge in [-0.05, 0) is 94.2 Å². The summed E-state index contributed by atoms with van der Waals surface area (Å²) in [7, 11) is 0. The van der Waals surface area contributed by atoms with Gasteiger partial charge in [-0.25, -0.2) is 0 Å². The molecule has 0 fully saturated rings. The van der Waals surface area contributed by atoms with Gasteiger partial charge in [0, 0.05) is 30.7 Å². The van der Waals surface area contributed by atoms with E-state index < -0.39 is 186 Å². The Labute approximate surface area is 538 Å². The van der Waals surface area contributed by atoms with Crippen molar-refractivity contribution >= 4 is 101 Å². The van der Waals surface area contributed by atoms with Crippen LogP contribution < -0.4 is 81.8 Å². The number of nitrogens with zero attached hydrogens (tertiary/aromatic N) is 1. The van der Waals surface area contributed by atoms with Crippen LogP contribution in [0, 0.1) is 27.9 Å². The van der Waals surface area contributed by atoms with Crippen LogP contribution in [0.1, 0.15) is 131 Å². The molecule has 0 bridgehead atoms. The monoisotopic (exact) mass is 1320 g/mol. The fourth-order valence-corrected chi connectivity index (χ4v) is 9.15. The molecule has 92 heavy (non-hydrogen) atoms. The lowest BCUT2D eigenvalue weighted by Gasteiger charge is -2.28. The number of hydrogen-bond donors (Lipinski definition) is 18. The molecule has 0 unspecified atom stereocenters. The van der Waals surface area contributed by atoms with Crippen LogP contribution in [-0.4, -0.2) is 184 Å². The number of unbranched alkanes of at least 4 members (excludes halogenated alkanes) is 2. The fourth-order valence-electron chi connectivity index (χ4n) is 8.89. The first-order valence-corrected chi connectivity index (χ1v) is 30.8. The number of carboxylic acids is 2. The van der Waals surface area contributed by atoms with E-state index in [1.54, 1.807) is 34.6 Å². The van der Waals surface area contributed by atoms with Crippen LogP contribution >= 0.6 is 12.6 Å². The number of carboxylic acid groups (broad SMARTS) is 2. The van der Waals surface area contributed by atoms with E-state index >= 15 is 0 Å². The largest absolute Gasteiger partial charge is 0.481 e. The molecule has 0 heterocycles. The van der Waals surface area contributed by atoms with Crippen LogP contribution in [0.2, 0.25) is 0 Å². The maximum absolute atomic E-state index is 14.2. The standard InChI is InChI=1S/C57H94N16O18S/c1-7-31(6)47(61)57(89)67-35(13-9-11-21-59)50(82)66-36(18-19-45(76)77)52(84)70-40(25-43(60)74)55(87)69-39(23-30(4)5)54(86)65-34(12-8-10-20-58)51(83)71-41(26-46(78)79)56(88)72-42(28-92)49(81)63-27-44(75)64-38(22-29(2)3)53(85)68-37(48(62)80)24-32-14-16-33(17-15-32)73(90)91/h14-17,29-31,34-42,47,92H,7-13,18-28,58-59,61H2,1-6H3,(H2,60,74)(H2,62,80)(H,63,81)(H,64,75)(H,65,86)(H,66,82)(H,67,89)(H,68,85)(H,69,87)(H,70,84)(H,71,83)(H,72,88)(H,76,77)(H,78,79)/t31-,34-,35-,36-,37-,38-,39-,40-,41-,42-,47-/m0/s1. The summed E-state index contributed by atoms with van der Waals surface area (Å²) in [6.45, 7) is 9.92. The van der Waals surface area contributed by atoms with E-state index in [-0.39, 0.29) is 75.1 Å². The number of amides is 12. The van der Waals surface area contributed by atoms with Crippen LogP contribution in [-0.2, 0) is 73.5 Å². The zero-order valence-corrected chi connectivity index (χ0v) is 53.6. The van der Waals surface area contributed by atoms with Crippen LogP contribution in [0.15, 0.2) is 24.3 Å². The maximum Gasteiger partial charge on any atom is 0.305 e. The summed E-state index contributed by atoms with van der Waals surface area (Å²) in [5.41, 5.74) is 28.7. The number of primary amides is 2. The van der Waals surface area contributed by atoms with E-state index in [1.165, 1.54) is 24.3 Å². The van der Waals surface area contributed by atoms with Gasteiger partial charge in [-0.3, -0.25) is 77.2 Å². The summed E-state index contributed by atoms with van der Waals surface area (Å²) in [6.07, 6.45) is -1.82. The molecule has 0 saturated carbocycles. The molecule has 1 rings (SSSR count). The van der Waals surface area contributed by atoms with Gasteiger partial charge in [0.1, 0.15) is 54.4 Å². The predicted octanol–water partition coefficient (Wildman–Crippen LogP) is -4.03. The number of nitro benzene ring substituents is 1. The molecule has 0 aliphatic rings. The smallest absolute Gasteiger partial charge is 0.305 e. The van der Waals surface area contributed by atoms with Gasteiger partial charge >= 0.3 is 11.9 Å². The molecule has 0 saturated heterocycles. The van der Waals surface area contributed by atoms with Gasteiger partial charge in [0.2, 0.25) is 70.9 Å². The molecule has 0 spiro atoms. The number of carbonyl (C=O) groups excluding carboxylic acids is 12. The zero-order valence-electron chi connectivity index (χ0n) is 52.8. The molecule has 516 valence electrons. The van der Waals surface area contributed by atoms with Gasteiger partial charge < -0.3 is 92.0 Å². The highest BCUT2D eigenvalue weighted by Crippen LogP contribution is 2.16. The van der Waals surface area contributed by atoms with E-state index in [0.717, 1.165) is 0 Å². The molecule has 0 aromatic heterocycles. The van der Waals surface area contributed by atoms with Crippen molar-refractivity contribution in [2.75, 3.05) is 25.4 Å². The second kappa shape index (κ2) is 42.5. The number of nitrogens with one attached hydrogen (secondary N) is 10. The van der Waals surface area contributed by atoms with E-state index in [4.69, 9.17) is 28.7 Å². The molecular formula is C57H94N16O18S. The first kappa shape index (κ1) is 81.4. The van der Waals surface area contributed by atoms with Crippen molar-refractivity contribution in [3.63, 3.8) is 0 Å². The molecule has 1 aromatic carbocycles. The summed E-state index contributed by atoms with van der Waals surface area (Å²) in [6, 6.07) is -9.90. The van der Waals surface area contributed by atoms with E-state index in [2.05, 4.69) is 65.8 Å². The molecule has 34 nitrogen and oxygen atoms in total. The molecule has 22 N–H and O–H groups in total. The van der Waals surface area contributed by atoms with Gasteiger partial charge in [0.05, 0.1) is 30.4 Å². The van der Waals surface area contributed by atoms with Gasteiger partial charge in [-0.1, -0.05) is 60.1 Å². The summed E-state index contributed by atoms with van der Waals surface area (Å²) in [5, 5.41) is 54.5. The number of rotatable bonds is 46. The maximum atomic E-state index is 14.2. The molecule has 0 aliphatic carbocycles. The predicted molar refractivity (Wildman–Crippen MR) is 335 cm³/mol. The number of thiol groups is 1. The van der Waals surface area contributed by atoms with Crippen molar-refractivity contribution in [1.29, 1.82) is 0 Å². The number of hydrogen-bond acceptors (Lipinski definition) is 20. The van der Waals surface area contributed by atoms with Crippen molar-refractivity contribution in [2.45, 2.75) is 192 Å². The van der Waals surface area contributed by atoms with Crippen LogP contribution in [0.25, 0.3) is 0 Å². The third kappa shape index (κ3) is 31.4. The van der Waals surface area contributed by atoms with Gasteiger partial charge in [-0.15, -0.1) is 0 Å². The van der Waals surface area contributed by atoms with Crippen molar-refractivity contribution in [3.8, 4) is 0 Å². The quantitative estimate of drug-likeness (QED) is 0.0128. The van der Waals surface area contributed by atoms with Crippen LogP contribution in [0.5, 0.6) is 0 Å². The van der Waals surface area contributed by atoms with Crippen molar-refractivity contribution in [1.82, 2.24) is 53.2 Å². The number of aliphatic carboxylic acids is 2. The number of carbonyl (C=O) groups is 14. The van der Waals surface area contributed by atoms with Crippen LogP contribution in [0.4, 0.5) is 5.69 Å². The molecule has 0 radical (unpaired) electrons. The first-order valence-electron chi connectivity index (χ1n) is 30.2. The normalized spacial score (nSPS) is 14.7. The number of nitro groups is 1. The highest BCUT2D eigenvalue weighted by atomic mass is 32.1. The second-order valence-electron chi connectivity index (χ2n) is 23.0. The van der Waals surface area contributed by atoms with Gasteiger partial charge in [-0.2, -0.15) is 12.6 Å². The summed E-state index contributed by atoms with van der Waals surface area (Å²) in [5.74, 6) is -16.4. The molecular weight excluding hydrogens is 1230 g/mol. The van der Waals surface area contributed by atoms with Crippen molar-refractivity contribution < 1.29 is 82.3 Å². The lowest BCUT2D eigenvalue weighted by atomic mass is 9.98. The summed E-state index contributed by atoms with van der Waals surface area (Å²) >= 11 is 4.12. The van der Waals surface area contributed by atoms with Crippen molar-refractivity contribution in [2.24, 2.45) is 46.4 Å². The number of nitrogens with two attached hydrogens (primary N) is 5.